The molecule has 1 rings (SSSR count). The van der Waals surface area contributed by atoms with E-state index >= 15 is 0 Å². The van der Waals surface area contributed by atoms with E-state index in [-0.39, 0.29) is 5.41 Å². The van der Waals surface area contributed by atoms with Gasteiger partial charge in [0.05, 0.1) is 0 Å². The molecule has 0 saturated heterocycles. The summed E-state index contributed by atoms with van der Waals surface area (Å²) in [6, 6.07) is 8.48. The highest BCUT2D eigenvalue weighted by molar-refractivity contribution is 5.63. The van der Waals surface area contributed by atoms with Crippen molar-refractivity contribution >= 4 is 5.70 Å². The Kier molecular flexibility index (Phi) is 9.70. The highest BCUT2D eigenvalue weighted by Crippen LogP contribution is 2.30. The molecule has 0 amide bonds. The molecule has 0 fully saturated rings. The minimum atomic E-state index is 0.229. The smallest absolute Gasteiger partial charge is 0.0382 e. The Morgan fingerprint density at radius 1 is 1.10 bits per heavy atom. The molecule has 0 saturated carbocycles. The van der Waals surface area contributed by atoms with Crippen LogP contribution in [-0.4, -0.2) is 0 Å². The van der Waals surface area contributed by atoms with Crippen molar-refractivity contribution in [3.63, 3.8) is 0 Å². The van der Waals surface area contributed by atoms with Crippen LogP contribution in [0.3, 0.4) is 0 Å². The normalized spacial score (nSPS) is 15.0. The third-order valence-electron chi connectivity index (χ3n) is 5.29. The molecule has 1 nitrogen and oxygen atoms in total. The lowest BCUT2D eigenvalue weighted by molar-refractivity contribution is 0.411. The quantitative estimate of drug-likeness (QED) is 0.310. The van der Waals surface area contributed by atoms with Crippen molar-refractivity contribution in [3.05, 3.63) is 77.5 Å². The molecule has 1 aromatic rings. The van der Waals surface area contributed by atoms with Gasteiger partial charge in [0.15, 0.2) is 0 Å². The maximum Gasteiger partial charge on any atom is 0.0382 e. The summed E-state index contributed by atoms with van der Waals surface area (Å²) in [6.07, 6.45) is 8.12. The first-order chi connectivity index (χ1) is 13.4. The third kappa shape index (κ3) is 9.35. The van der Waals surface area contributed by atoms with Crippen LogP contribution in [0.1, 0.15) is 78.9 Å². The Labute approximate surface area is 180 Å². The Morgan fingerprint density at radius 3 is 2.21 bits per heavy atom. The number of aryl methyl sites for hydroxylation is 1. The van der Waals surface area contributed by atoms with E-state index in [0.717, 1.165) is 23.4 Å². The van der Waals surface area contributed by atoms with E-state index in [2.05, 4.69) is 110 Å². The van der Waals surface area contributed by atoms with Gasteiger partial charge < -0.3 is 5.32 Å². The van der Waals surface area contributed by atoms with Crippen LogP contribution in [0.15, 0.2) is 66.4 Å². The van der Waals surface area contributed by atoms with Crippen molar-refractivity contribution in [2.24, 2.45) is 17.3 Å². The first-order valence-electron chi connectivity index (χ1n) is 11.0. The van der Waals surface area contributed by atoms with Crippen LogP contribution in [0.25, 0.3) is 5.70 Å². The predicted octanol–water partition coefficient (Wildman–Crippen LogP) is 8.45. The van der Waals surface area contributed by atoms with E-state index < -0.39 is 0 Å². The molecule has 0 heterocycles. The summed E-state index contributed by atoms with van der Waals surface area (Å²) in [5.74, 6) is 0.935. The van der Waals surface area contributed by atoms with Crippen LogP contribution >= 0.6 is 0 Å². The van der Waals surface area contributed by atoms with Crippen LogP contribution in [0.4, 0.5) is 0 Å². The second-order valence-electron chi connectivity index (χ2n) is 9.83. The maximum atomic E-state index is 4.40. The molecule has 0 radical (unpaired) electrons. The van der Waals surface area contributed by atoms with Gasteiger partial charge in [-0.05, 0) is 61.2 Å². The number of hydrogen-bond donors (Lipinski definition) is 1. The Balaban J connectivity index is 3.02. The van der Waals surface area contributed by atoms with Gasteiger partial charge in [0.2, 0.25) is 0 Å². The van der Waals surface area contributed by atoms with Gasteiger partial charge in [-0.3, -0.25) is 0 Å². The maximum absolute atomic E-state index is 4.40. The Hall–Kier alpha value is -2.02. The molecule has 0 bridgehead atoms. The van der Waals surface area contributed by atoms with Gasteiger partial charge in [-0.15, -0.1) is 0 Å². The van der Waals surface area contributed by atoms with E-state index in [1.165, 1.54) is 29.6 Å². The monoisotopic (exact) mass is 393 g/mol. The average molecular weight is 394 g/mol. The minimum Gasteiger partial charge on any atom is -0.359 e. The zero-order chi connectivity index (χ0) is 22.2. The molecule has 29 heavy (non-hydrogen) atoms. The first-order valence-corrected chi connectivity index (χ1v) is 11.0. The Morgan fingerprint density at radius 2 is 1.69 bits per heavy atom. The standard InChI is InChI=1S/C28H43N/c1-11-12-21(3)24(6)22(4)17-26(19-28(8,9)10)18-23(5)29-25(7)27-15-13-20(2)14-16-27/h13-18,21-22,29H,6-7,11-12,19H2,1-5,8-10H3/b23-18+,26-17-. The highest BCUT2D eigenvalue weighted by Gasteiger charge is 2.16. The molecule has 0 aromatic heterocycles. The summed E-state index contributed by atoms with van der Waals surface area (Å²) in [4.78, 5) is 0. The van der Waals surface area contributed by atoms with Gasteiger partial charge >= 0.3 is 0 Å². The molecule has 0 spiro atoms. The summed E-state index contributed by atoms with van der Waals surface area (Å²) >= 11 is 0. The zero-order valence-electron chi connectivity index (χ0n) is 20.2. The van der Waals surface area contributed by atoms with E-state index in [4.69, 9.17) is 0 Å². The molecule has 1 N–H and O–H groups in total. The fourth-order valence-electron chi connectivity index (χ4n) is 3.64. The SMILES string of the molecule is C=C(N/C(C)=C/C(=C/C(C)C(=C)C(C)CCC)CC(C)(C)C)c1ccc(C)cc1. The third-order valence-corrected chi connectivity index (χ3v) is 5.29. The topological polar surface area (TPSA) is 12.0 Å². The number of rotatable bonds is 10. The van der Waals surface area contributed by atoms with Crippen LogP contribution in [0.2, 0.25) is 0 Å². The van der Waals surface area contributed by atoms with Crippen molar-refractivity contribution in [2.45, 2.75) is 74.7 Å². The molecular formula is C28H43N. The number of nitrogens with one attached hydrogen (secondary N) is 1. The van der Waals surface area contributed by atoms with Crippen molar-refractivity contribution in [1.82, 2.24) is 5.32 Å². The predicted molar refractivity (Wildman–Crippen MR) is 132 cm³/mol. The largest absolute Gasteiger partial charge is 0.359 e. The van der Waals surface area contributed by atoms with Crippen molar-refractivity contribution in [2.75, 3.05) is 0 Å². The second kappa shape index (κ2) is 11.2. The molecule has 0 aliphatic heterocycles. The van der Waals surface area contributed by atoms with Crippen LogP contribution in [0.5, 0.6) is 0 Å². The number of benzene rings is 1. The molecule has 1 aromatic carbocycles. The molecule has 2 unspecified atom stereocenters. The lowest BCUT2D eigenvalue weighted by Gasteiger charge is -2.23. The lowest BCUT2D eigenvalue weighted by Crippen LogP contribution is -2.12. The van der Waals surface area contributed by atoms with Gasteiger partial charge in [0.25, 0.3) is 0 Å². The van der Waals surface area contributed by atoms with E-state index in [9.17, 15) is 0 Å². The fraction of sp³-hybridized carbons (Fsp3) is 0.500. The van der Waals surface area contributed by atoms with Gasteiger partial charge in [0.1, 0.15) is 0 Å². The summed E-state index contributed by atoms with van der Waals surface area (Å²) in [5, 5.41) is 3.48. The molecular weight excluding hydrogens is 350 g/mol. The minimum absolute atomic E-state index is 0.229. The second-order valence-corrected chi connectivity index (χ2v) is 9.83. The summed E-state index contributed by atoms with van der Waals surface area (Å²) < 4.78 is 0. The molecule has 160 valence electrons. The van der Waals surface area contributed by atoms with Gasteiger partial charge in [-0.1, -0.05) is 103 Å². The van der Waals surface area contributed by atoms with Gasteiger partial charge in [0, 0.05) is 11.4 Å². The summed E-state index contributed by atoms with van der Waals surface area (Å²) in [7, 11) is 0. The number of allylic oxidation sites excluding steroid dienone is 5. The van der Waals surface area contributed by atoms with E-state index in [1.54, 1.807) is 0 Å². The zero-order valence-corrected chi connectivity index (χ0v) is 20.2. The molecule has 2 atom stereocenters. The first kappa shape index (κ1) is 25.0. The molecule has 0 aliphatic carbocycles. The lowest BCUT2D eigenvalue weighted by atomic mass is 9.83. The van der Waals surface area contributed by atoms with Crippen LogP contribution < -0.4 is 5.32 Å². The average Bonchev–Trinajstić information content (AvgIpc) is 2.59. The van der Waals surface area contributed by atoms with Crippen molar-refractivity contribution < 1.29 is 0 Å². The fourth-order valence-corrected chi connectivity index (χ4v) is 3.64. The van der Waals surface area contributed by atoms with Gasteiger partial charge in [-0.2, -0.15) is 0 Å². The Bertz CT molecular complexity index is 738. The van der Waals surface area contributed by atoms with E-state index in [1.807, 2.05) is 0 Å². The van der Waals surface area contributed by atoms with Crippen LogP contribution in [-0.2, 0) is 0 Å². The summed E-state index contributed by atoms with van der Waals surface area (Å²) in [5.41, 5.74) is 7.36. The highest BCUT2D eigenvalue weighted by atomic mass is 14.9. The molecule has 1 heteroatoms. The van der Waals surface area contributed by atoms with Crippen molar-refractivity contribution in [3.8, 4) is 0 Å². The van der Waals surface area contributed by atoms with Crippen LogP contribution in [0, 0.1) is 24.2 Å². The van der Waals surface area contributed by atoms with E-state index in [0.29, 0.717) is 11.8 Å². The van der Waals surface area contributed by atoms with Crippen molar-refractivity contribution in [1.29, 1.82) is 0 Å². The summed E-state index contributed by atoms with van der Waals surface area (Å²) in [6.45, 7) is 26.5. The van der Waals surface area contributed by atoms with Gasteiger partial charge in [-0.25, -0.2) is 0 Å². The molecule has 0 aliphatic rings. The number of hydrogen-bond acceptors (Lipinski definition) is 1.